The van der Waals surface area contributed by atoms with Crippen LogP contribution in [-0.4, -0.2) is 54.9 Å². The molecule has 1 saturated heterocycles. The summed E-state index contributed by atoms with van der Waals surface area (Å²) in [5.41, 5.74) is -0.0265. The predicted molar refractivity (Wildman–Crippen MR) is 47.1 cm³/mol. The van der Waals surface area contributed by atoms with E-state index in [-0.39, 0.29) is 5.54 Å². The monoisotopic (exact) mass is 168 g/mol. The van der Waals surface area contributed by atoms with Crippen LogP contribution in [0.4, 0.5) is 0 Å². The fourth-order valence-corrected chi connectivity index (χ4v) is 1.89. The van der Waals surface area contributed by atoms with Crippen molar-refractivity contribution in [1.82, 2.24) is 9.80 Å². The number of hydrogen-bond acceptors (Lipinski definition) is 3. The Labute approximate surface area is 73.3 Å². The van der Waals surface area contributed by atoms with Crippen LogP contribution in [0.1, 0.15) is 12.8 Å². The van der Waals surface area contributed by atoms with Gasteiger partial charge < -0.3 is 9.69 Å². The van der Waals surface area contributed by atoms with Gasteiger partial charge in [0.25, 0.3) is 0 Å². The molecule has 0 aromatic heterocycles. The van der Waals surface area contributed by atoms with Crippen molar-refractivity contribution in [3.63, 3.8) is 0 Å². The van der Waals surface area contributed by atoms with E-state index in [0.29, 0.717) is 0 Å². The molecule has 2 rings (SSSR count). The maximum absolute atomic E-state index is 10.8. The third kappa shape index (κ3) is 1.27. The molecule has 2 fully saturated rings. The van der Waals surface area contributed by atoms with Gasteiger partial charge in [0.2, 0.25) is 0 Å². The van der Waals surface area contributed by atoms with Crippen molar-refractivity contribution in [2.75, 3.05) is 33.2 Å². The quantitative estimate of drug-likeness (QED) is 0.541. The van der Waals surface area contributed by atoms with Crippen molar-refractivity contribution in [2.24, 2.45) is 0 Å². The highest BCUT2D eigenvalue weighted by molar-refractivity contribution is 5.68. The molecule has 1 aliphatic heterocycles. The van der Waals surface area contributed by atoms with E-state index in [4.69, 9.17) is 0 Å². The van der Waals surface area contributed by atoms with Crippen LogP contribution in [0.5, 0.6) is 0 Å². The first-order valence-electron chi connectivity index (χ1n) is 4.67. The minimum atomic E-state index is -0.0265. The van der Waals surface area contributed by atoms with Crippen molar-refractivity contribution in [3.8, 4) is 0 Å². The summed E-state index contributed by atoms with van der Waals surface area (Å²) in [5, 5.41) is 0. The molecule has 0 aromatic carbocycles. The van der Waals surface area contributed by atoms with Crippen LogP contribution in [0.2, 0.25) is 0 Å². The lowest BCUT2D eigenvalue weighted by molar-refractivity contribution is -0.114. The molecule has 12 heavy (non-hydrogen) atoms. The van der Waals surface area contributed by atoms with Crippen molar-refractivity contribution in [1.29, 1.82) is 0 Å². The third-order valence-electron chi connectivity index (χ3n) is 3.11. The molecule has 1 aliphatic carbocycles. The van der Waals surface area contributed by atoms with Gasteiger partial charge in [0.15, 0.2) is 0 Å². The standard InChI is InChI=1S/C9H16N2O/c1-10-4-6-11(7-5-10)9(8-12)2-3-9/h8H,2-7H2,1H3. The van der Waals surface area contributed by atoms with Crippen LogP contribution < -0.4 is 0 Å². The maximum Gasteiger partial charge on any atom is 0.140 e. The molecule has 0 aromatic rings. The highest BCUT2D eigenvalue weighted by atomic mass is 16.1. The van der Waals surface area contributed by atoms with E-state index in [1.807, 2.05) is 0 Å². The Morgan fingerprint density at radius 2 is 1.75 bits per heavy atom. The molecule has 1 heterocycles. The van der Waals surface area contributed by atoms with Gasteiger partial charge in [0, 0.05) is 26.2 Å². The number of rotatable bonds is 2. The van der Waals surface area contributed by atoms with Crippen LogP contribution in [0.15, 0.2) is 0 Å². The molecule has 1 saturated carbocycles. The molecular formula is C9H16N2O. The molecule has 2 aliphatic rings. The fourth-order valence-electron chi connectivity index (χ4n) is 1.89. The number of nitrogens with zero attached hydrogens (tertiary/aromatic N) is 2. The van der Waals surface area contributed by atoms with Crippen LogP contribution in [0, 0.1) is 0 Å². The van der Waals surface area contributed by atoms with E-state index >= 15 is 0 Å². The van der Waals surface area contributed by atoms with Crippen molar-refractivity contribution in [3.05, 3.63) is 0 Å². The van der Waals surface area contributed by atoms with Gasteiger partial charge in [0.05, 0.1) is 5.54 Å². The molecular weight excluding hydrogens is 152 g/mol. The molecule has 0 N–H and O–H groups in total. The Morgan fingerprint density at radius 1 is 1.17 bits per heavy atom. The van der Waals surface area contributed by atoms with E-state index in [1.165, 1.54) is 0 Å². The van der Waals surface area contributed by atoms with Gasteiger partial charge in [-0.15, -0.1) is 0 Å². The number of piperazine rings is 1. The van der Waals surface area contributed by atoms with E-state index < -0.39 is 0 Å². The average molecular weight is 168 g/mol. The molecule has 0 atom stereocenters. The first-order valence-corrected chi connectivity index (χ1v) is 4.67. The van der Waals surface area contributed by atoms with Crippen LogP contribution >= 0.6 is 0 Å². The minimum absolute atomic E-state index is 0.0265. The number of aldehydes is 1. The molecule has 0 spiro atoms. The fraction of sp³-hybridized carbons (Fsp3) is 0.889. The second-order valence-corrected chi connectivity index (χ2v) is 4.01. The highest BCUT2D eigenvalue weighted by Gasteiger charge is 2.48. The van der Waals surface area contributed by atoms with Crippen molar-refractivity contribution >= 4 is 6.29 Å². The lowest BCUT2D eigenvalue weighted by Crippen LogP contribution is -2.50. The zero-order chi connectivity index (χ0) is 8.60. The molecule has 0 bridgehead atoms. The van der Waals surface area contributed by atoms with Crippen LogP contribution in [0.25, 0.3) is 0 Å². The molecule has 0 radical (unpaired) electrons. The van der Waals surface area contributed by atoms with Crippen molar-refractivity contribution in [2.45, 2.75) is 18.4 Å². The SMILES string of the molecule is CN1CCN(C2(C=O)CC2)CC1. The predicted octanol–water partition coefficient (Wildman–Crippen LogP) is -0.0347. The first-order chi connectivity index (χ1) is 5.77. The summed E-state index contributed by atoms with van der Waals surface area (Å²) in [5.74, 6) is 0. The Hall–Kier alpha value is -0.410. The van der Waals surface area contributed by atoms with Crippen LogP contribution in [-0.2, 0) is 4.79 Å². The Morgan fingerprint density at radius 3 is 2.17 bits per heavy atom. The summed E-state index contributed by atoms with van der Waals surface area (Å²) in [4.78, 5) is 15.5. The smallest absolute Gasteiger partial charge is 0.140 e. The largest absolute Gasteiger partial charge is 0.304 e. The number of carbonyl (C=O) groups is 1. The molecule has 0 amide bonds. The van der Waals surface area contributed by atoms with Crippen LogP contribution in [0.3, 0.4) is 0 Å². The summed E-state index contributed by atoms with van der Waals surface area (Å²) in [6.45, 7) is 4.34. The number of hydrogen-bond donors (Lipinski definition) is 0. The van der Waals surface area contributed by atoms with Gasteiger partial charge in [-0.2, -0.15) is 0 Å². The van der Waals surface area contributed by atoms with Gasteiger partial charge in [-0.25, -0.2) is 0 Å². The summed E-state index contributed by atoms with van der Waals surface area (Å²) < 4.78 is 0. The van der Waals surface area contributed by atoms with E-state index in [9.17, 15) is 4.79 Å². The van der Waals surface area contributed by atoms with E-state index in [2.05, 4.69) is 16.8 Å². The second kappa shape index (κ2) is 2.82. The normalized spacial score (nSPS) is 30.1. The summed E-state index contributed by atoms with van der Waals surface area (Å²) in [6, 6.07) is 0. The van der Waals surface area contributed by atoms with Crippen molar-refractivity contribution < 1.29 is 4.79 Å². The zero-order valence-corrected chi connectivity index (χ0v) is 7.62. The summed E-state index contributed by atoms with van der Waals surface area (Å²) >= 11 is 0. The van der Waals surface area contributed by atoms with E-state index in [1.54, 1.807) is 0 Å². The number of likely N-dealkylation sites (N-methyl/N-ethyl adjacent to an activating group) is 1. The topological polar surface area (TPSA) is 23.6 Å². The minimum Gasteiger partial charge on any atom is -0.304 e. The Kier molecular flexibility index (Phi) is 1.93. The van der Waals surface area contributed by atoms with Gasteiger partial charge >= 0.3 is 0 Å². The Balaban J connectivity index is 1.93. The first kappa shape index (κ1) is 8.20. The van der Waals surface area contributed by atoms with Gasteiger partial charge in [-0.1, -0.05) is 0 Å². The number of carbonyl (C=O) groups excluding carboxylic acids is 1. The highest BCUT2D eigenvalue weighted by Crippen LogP contribution is 2.39. The summed E-state index contributed by atoms with van der Waals surface area (Å²) in [6.07, 6.45) is 3.32. The zero-order valence-electron chi connectivity index (χ0n) is 7.62. The third-order valence-corrected chi connectivity index (χ3v) is 3.11. The van der Waals surface area contributed by atoms with E-state index in [0.717, 1.165) is 45.3 Å². The Bertz CT molecular complexity index is 181. The lowest BCUT2D eigenvalue weighted by Gasteiger charge is -2.35. The molecule has 0 unspecified atom stereocenters. The second-order valence-electron chi connectivity index (χ2n) is 4.01. The lowest BCUT2D eigenvalue weighted by atomic mass is 10.2. The molecule has 68 valence electrons. The maximum atomic E-state index is 10.8. The van der Waals surface area contributed by atoms with Gasteiger partial charge in [-0.05, 0) is 19.9 Å². The molecule has 3 nitrogen and oxygen atoms in total. The van der Waals surface area contributed by atoms with Gasteiger partial charge in [-0.3, -0.25) is 4.90 Å². The molecule has 3 heteroatoms. The summed E-state index contributed by atoms with van der Waals surface area (Å²) in [7, 11) is 2.14. The average Bonchev–Trinajstić information content (AvgIpc) is 2.86. The van der Waals surface area contributed by atoms with Gasteiger partial charge in [0.1, 0.15) is 6.29 Å².